The quantitative estimate of drug-likeness (QED) is 0.485. The van der Waals surface area contributed by atoms with Crippen LogP contribution >= 0.6 is 23.4 Å². The molecule has 0 saturated heterocycles. The van der Waals surface area contributed by atoms with Gasteiger partial charge in [0.2, 0.25) is 5.91 Å². The molecule has 0 aliphatic carbocycles. The molecule has 15 heavy (non-hydrogen) atoms. The molecule has 3 N–H and O–H groups in total. The van der Waals surface area contributed by atoms with Gasteiger partial charge < -0.3 is 11.1 Å². The lowest BCUT2D eigenvalue weighted by Gasteiger charge is -2.05. The number of nitrogens with two attached hydrogens (primary N) is 1. The topological polar surface area (TPSA) is 55.1 Å². The second kappa shape index (κ2) is 5.88. The molecule has 82 valence electrons. The lowest BCUT2D eigenvalue weighted by Crippen LogP contribution is -2.22. The van der Waals surface area contributed by atoms with Gasteiger partial charge in [0.15, 0.2) is 0 Å². The first-order valence-corrected chi connectivity index (χ1v) is 5.88. The molecule has 1 aromatic carbocycles. The minimum absolute atomic E-state index is 0.0192. The molecular formula is C10H13ClN2OS. The highest BCUT2D eigenvalue weighted by molar-refractivity contribution is 7.99. The number of carbonyl (C=O) groups is 1. The van der Waals surface area contributed by atoms with Crippen LogP contribution in [0.3, 0.4) is 0 Å². The van der Waals surface area contributed by atoms with E-state index in [9.17, 15) is 4.79 Å². The molecular weight excluding hydrogens is 232 g/mol. The maximum Gasteiger partial charge on any atom is 0.216 e. The predicted molar refractivity (Wildman–Crippen MR) is 65.3 cm³/mol. The van der Waals surface area contributed by atoms with E-state index in [0.29, 0.717) is 17.3 Å². The highest BCUT2D eigenvalue weighted by Crippen LogP contribution is 2.28. The van der Waals surface area contributed by atoms with Crippen molar-refractivity contribution in [2.75, 3.05) is 18.0 Å². The lowest BCUT2D eigenvalue weighted by molar-refractivity contribution is -0.118. The van der Waals surface area contributed by atoms with E-state index < -0.39 is 0 Å². The maximum absolute atomic E-state index is 10.6. The molecule has 0 heterocycles. The SMILES string of the molecule is CC(=O)NCCSc1cc(N)ccc1Cl. The fourth-order valence-corrected chi connectivity index (χ4v) is 2.15. The zero-order chi connectivity index (χ0) is 11.3. The minimum atomic E-state index is -0.0192. The smallest absolute Gasteiger partial charge is 0.216 e. The van der Waals surface area contributed by atoms with Gasteiger partial charge in [-0.2, -0.15) is 0 Å². The molecule has 0 atom stereocenters. The van der Waals surface area contributed by atoms with Gasteiger partial charge in [-0.3, -0.25) is 4.79 Å². The molecule has 5 heteroatoms. The summed E-state index contributed by atoms with van der Waals surface area (Å²) in [7, 11) is 0. The van der Waals surface area contributed by atoms with Crippen LogP contribution in [0, 0.1) is 0 Å². The van der Waals surface area contributed by atoms with Crippen molar-refractivity contribution in [3.8, 4) is 0 Å². The molecule has 0 radical (unpaired) electrons. The number of hydrogen-bond acceptors (Lipinski definition) is 3. The van der Waals surface area contributed by atoms with Gasteiger partial charge in [0.25, 0.3) is 0 Å². The van der Waals surface area contributed by atoms with Crippen molar-refractivity contribution in [1.82, 2.24) is 5.32 Å². The van der Waals surface area contributed by atoms with E-state index in [1.54, 1.807) is 23.9 Å². The summed E-state index contributed by atoms with van der Waals surface area (Å²) in [6.07, 6.45) is 0. The van der Waals surface area contributed by atoms with Crippen LogP contribution in [-0.4, -0.2) is 18.2 Å². The van der Waals surface area contributed by atoms with Gasteiger partial charge in [0, 0.05) is 29.8 Å². The van der Waals surface area contributed by atoms with Gasteiger partial charge in [-0.25, -0.2) is 0 Å². The standard InChI is InChI=1S/C10H13ClN2OS/c1-7(14)13-4-5-15-10-6-8(12)2-3-9(10)11/h2-3,6H,4-5,12H2,1H3,(H,13,14). The van der Waals surface area contributed by atoms with Crippen LogP contribution in [0.1, 0.15) is 6.92 Å². The zero-order valence-corrected chi connectivity index (χ0v) is 9.99. The fraction of sp³-hybridized carbons (Fsp3) is 0.300. The molecule has 0 spiro atoms. The molecule has 0 fully saturated rings. The average molecular weight is 245 g/mol. The number of nitrogen functional groups attached to an aromatic ring is 1. The molecule has 0 aliphatic rings. The number of hydrogen-bond donors (Lipinski definition) is 2. The Labute approximate surface area is 98.4 Å². The summed E-state index contributed by atoms with van der Waals surface area (Å²) in [4.78, 5) is 11.6. The van der Waals surface area contributed by atoms with Gasteiger partial charge in [-0.15, -0.1) is 11.8 Å². The van der Waals surface area contributed by atoms with Gasteiger partial charge in [-0.1, -0.05) is 11.6 Å². The van der Waals surface area contributed by atoms with Crippen molar-refractivity contribution in [2.45, 2.75) is 11.8 Å². The Hall–Kier alpha value is -0.870. The van der Waals surface area contributed by atoms with E-state index in [4.69, 9.17) is 17.3 Å². The average Bonchev–Trinajstić information content (AvgIpc) is 2.17. The summed E-state index contributed by atoms with van der Waals surface area (Å²) < 4.78 is 0. The van der Waals surface area contributed by atoms with Gasteiger partial charge in [0.05, 0.1) is 5.02 Å². The van der Waals surface area contributed by atoms with Crippen LogP contribution in [-0.2, 0) is 4.79 Å². The van der Waals surface area contributed by atoms with E-state index in [1.165, 1.54) is 6.92 Å². The molecule has 0 aliphatic heterocycles. The molecule has 0 bridgehead atoms. The first-order valence-electron chi connectivity index (χ1n) is 4.52. The molecule has 1 amide bonds. The first kappa shape index (κ1) is 12.2. The number of benzene rings is 1. The van der Waals surface area contributed by atoms with Crippen LogP contribution in [0.5, 0.6) is 0 Å². The number of rotatable bonds is 4. The molecule has 1 aromatic rings. The Bertz CT molecular complexity index is 357. The van der Waals surface area contributed by atoms with Crippen LogP contribution in [0.4, 0.5) is 5.69 Å². The first-order chi connectivity index (χ1) is 7.09. The Morgan fingerprint density at radius 1 is 1.60 bits per heavy atom. The molecule has 1 rings (SSSR count). The molecule has 3 nitrogen and oxygen atoms in total. The second-order valence-electron chi connectivity index (χ2n) is 3.02. The van der Waals surface area contributed by atoms with E-state index in [1.807, 2.05) is 6.07 Å². The third kappa shape index (κ3) is 4.44. The van der Waals surface area contributed by atoms with Crippen LogP contribution in [0.2, 0.25) is 5.02 Å². The second-order valence-corrected chi connectivity index (χ2v) is 4.57. The molecule has 0 saturated carbocycles. The highest BCUT2D eigenvalue weighted by Gasteiger charge is 2.01. The van der Waals surface area contributed by atoms with Gasteiger partial charge >= 0.3 is 0 Å². The van der Waals surface area contributed by atoms with Gasteiger partial charge in [0.1, 0.15) is 0 Å². The van der Waals surface area contributed by atoms with Gasteiger partial charge in [-0.05, 0) is 18.2 Å². The van der Waals surface area contributed by atoms with E-state index in [2.05, 4.69) is 5.32 Å². The van der Waals surface area contributed by atoms with Crippen molar-refractivity contribution >= 4 is 35.0 Å². The number of anilines is 1. The Morgan fingerprint density at radius 3 is 3.00 bits per heavy atom. The Kier molecular flexibility index (Phi) is 4.78. The summed E-state index contributed by atoms with van der Waals surface area (Å²) in [5, 5.41) is 3.41. The van der Waals surface area contributed by atoms with Crippen molar-refractivity contribution in [3.63, 3.8) is 0 Å². The number of nitrogens with one attached hydrogen (secondary N) is 1. The van der Waals surface area contributed by atoms with Crippen molar-refractivity contribution < 1.29 is 4.79 Å². The zero-order valence-electron chi connectivity index (χ0n) is 8.42. The maximum atomic E-state index is 10.6. The summed E-state index contributed by atoms with van der Waals surface area (Å²) in [5.41, 5.74) is 6.33. The lowest BCUT2D eigenvalue weighted by atomic mass is 10.3. The molecule has 0 unspecified atom stereocenters. The summed E-state index contributed by atoms with van der Waals surface area (Å²) in [6.45, 7) is 2.13. The monoisotopic (exact) mass is 244 g/mol. The number of halogens is 1. The van der Waals surface area contributed by atoms with Crippen molar-refractivity contribution in [1.29, 1.82) is 0 Å². The van der Waals surface area contributed by atoms with Crippen molar-refractivity contribution in [2.24, 2.45) is 0 Å². The highest BCUT2D eigenvalue weighted by atomic mass is 35.5. The van der Waals surface area contributed by atoms with E-state index in [-0.39, 0.29) is 5.91 Å². The van der Waals surface area contributed by atoms with Crippen LogP contribution < -0.4 is 11.1 Å². The number of carbonyl (C=O) groups excluding carboxylic acids is 1. The van der Waals surface area contributed by atoms with E-state index >= 15 is 0 Å². The number of thioether (sulfide) groups is 1. The van der Waals surface area contributed by atoms with Crippen LogP contribution in [0.25, 0.3) is 0 Å². The Balaban J connectivity index is 2.43. The van der Waals surface area contributed by atoms with Crippen molar-refractivity contribution in [3.05, 3.63) is 23.2 Å². The van der Waals surface area contributed by atoms with E-state index in [0.717, 1.165) is 10.6 Å². The van der Waals surface area contributed by atoms with Crippen LogP contribution in [0.15, 0.2) is 23.1 Å². The predicted octanol–water partition coefficient (Wildman–Crippen LogP) is 2.15. The fourth-order valence-electron chi connectivity index (χ4n) is 1.02. The Morgan fingerprint density at radius 2 is 2.33 bits per heavy atom. The number of amides is 1. The summed E-state index contributed by atoms with van der Waals surface area (Å²) in [5.74, 6) is 0.761. The largest absolute Gasteiger partial charge is 0.399 e. The third-order valence-corrected chi connectivity index (χ3v) is 3.19. The normalized spacial score (nSPS) is 10.0. The third-order valence-electron chi connectivity index (χ3n) is 1.69. The minimum Gasteiger partial charge on any atom is -0.399 e. The summed E-state index contributed by atoms with van der Waals surface area (Å²) in [6, 6.07) is 5.37. The summed E-state index contributed by atoms with van der Waals surface area (Å²) >= 11 is 7.55. The molecule has 0 aromatic heterocycles.